The lowest BCUT2D eigenvalue weighted by Crippen LogP contribution is -2.32. The van der Waals surface area contributed by atoms with Crippen molar-refractivity contribution in [2.75, 3.05) is 11.9 Å². The number of nitrogens with one attached hydrogen (secondary N) is 1. The maximum absolute atomic E-state index is 11.3. The van der Waals surface area contributed by atoms with Gasteiger partial charge in [-0.3, -0.25) is 4.79 Å². The number of carboxylic acids is 1. The molecule has 1 aromatic heterocycles. The molecule has 6 heteroatoms. The predicted molar refractivity (Wildman–Crippen MR) is 77.8 cm³/mol. The van der Waals surface area contributed by atoms with Crippen LogP contribution in [0.5, 0.6) is 0 Å². The maximum atomic E-state index is 11.3. The first-order chi connectivity index (χ1) is 10.0. The highest BCUT2D eigenvalue weighted by Gasteiger charge is 2.30. The fourth-order valence-corrected chi connectivity index (χ4v) is 2.87. The van der Waals surface area contributed by atoms with Crippen molar-refractivity contribution < 1.29 is 9.90 Å². The van der Waals surface area contributed by atoms with Crippen molar-refractivity contribution in [3.05, 3.63) is 16.8 Å². The van der Waals surface area contributed by atoms with Gasteiger partial charge in [0.1, 0.15) is 11.6 Å². The summed E-state index contributed by atoms with van der Waals surface area (Å²) >= 11 is 0. The summed E-state index contributed by atoms with van der Waals surface area (Å²) < 4.78 is 0. The number of aryl methyl sites for hydroxylation is 1. The van der Waals surface area contributed by atoms with Crippen molar-refractivity contribution in [3.63, 3.8) is 0 Å². The molecule has 2 unspecified atom stereocenters. The van der Waals surface area contributed by atoms with Crippen LogP contribution in [0.3, 0.4) is 0 Å². The van der Waals surface area contributed by atoms with Gasteiger partial charge in [-0.1, -0.05) is 12.8 Å². The normalized spacial score (nSPS) is 21.6. The molecule has 6 nitrogen and oxygen atoms in total. The number of carbonyl (C=O) groups is 1. The molecule has 0 bridgehead atoms. The van der Waals surface area contributed by atoms with Crippen LogP contribution in [0.1, 0.15) is 42.5 Å². The largest absolute Gasteiger partial charge is 0.481 e. The summed E-state index contributed by atoms with van der Waals surface area (Å²) in [4.78, 5) is 11.3. The molecule has 0 amide bonds. The molecule has 0 saturated heterocycles. The van der Waals surface area contributed by atoms with E-state index in [1.54, 1.807) is 0 Å². The molecular formula is C15H20N4O2. The van der Waals surface area contributed by atoms with Gasteiger partial charge in [-0.2, -0.15) is 10.4 Å². The number of hydrogen-bond acceptors (Lipinski definition) is 5. The van der Waals surface area contributed by atoms with E-state index in [4.69, 9.17) is 0 Å². The molecule has 2 atom stereocenters. The van der Waals surface area contributed by atoms with Crippen LogP contribution in [0.15, 0.2) is 0 Å². The van der Waals surface area contributed by atoms with E-state index >= 15 is 0 Å². The number of aliphatic carboxylic acids is 1. The minimum atomic E-state index is -0.729. The zero-order valence-electron chi connectivity index (χ0n) is 12.4. The van der Waals surface area contributed by atoms with Crippen molar-refractivity contribution >= 4 is 11.8 Å². The summed E-state index contributed by atoms with van der Waals surface area (Å²) in [5, 5.41) is 29.7. The average molecular weight is 288 g/mol. The summed E-state index contributed by atoms with van der Waals surface area (Å²) in [5.74, 6) is -0.508. The van der Waals surface area contributed by atoms with Crippen LogP contribution in [-0.2, 0) is 4.79 Å². The van der Waals surface area contributed by atoms with E-state index in [9.17, 15) is 15.2 Å². The van der Waals surface area contributed by atoms with E-state index in [0.29, 0.717) is 17.9 Å². The molecular weight excluding hydrogens is 268 g/mol. The number of anilines is 1. The molecule has 0 spiro atoms. The van der Waals surface area contributed by atoms with Crippen LogP contribution in [0, 0.1) is 37.0 Å². The number of hydrogen-bond donors (Lipinski definition) is 2. The van der Waals surface area contributed by atoms with E-state index in [1.807, 2.05) is 13.8 Å². The average Bonchev–Trinajstić information content (AvgIpc) is 2.48. The number of rotatable bonds is 4. The molecule has 21 heavy (non-hydrogen) atoms. The number of nitrogens with zero attached hydrogens (tertiary/aromatic N) is 3. The van der Waals surface area contributed by atoms with Crippen LogP contribution in [-0.4, -0.2) is 27.8 Å². The van der Waals surface area contributed by atoms with Crippen molar-refractivity contribution in [1.82, 2.24) is 10.2 Å². The molecule has 1 aliphatic carbocycles. The molecule has 2 rings (SSSR count). The van der Waals surface area contributed by atoms with Crippen LogP contribution in [0.4, 0.5) is 5.82 Å². The molecule has 2 N–H and O–H groups in total. The molecule has 1 heterocycles. The first kappa shape index (κ1) is 15.2. The SMILES string of the molecule is Cc1nnc(NCC2CCCCC2C(=O)O)c(C#N)c1C. The van der Waals surface area contributed by atoms with Gasteiger partial charge in [-0.05, 0) is 38.2 Å². The lowest BCUT2D eigenvalue weighted by Gasteiger charge is -2.28. The van der Waals surface area contributed by atoms with Gasteiger partial charge in [0.05, 0.1) is 11.6 Å². The molecule has 112 valence electrons. The molecule has 1 fully saturated rings. The molecule has 0 radical (unpaired) electrons. The van der Waals surface area contributed by atoms with Gasteiger partial charge in [0.25, 0.3) is 0 Å². The Kier molecular flexibility index (Phi) is 4.73. The van der Waals surface area contributed by atoms with E-state index in [-0.39, 0.29) is 11.8 Å². The lowest BCUT2D eigenvalue weighted by atomic mass is 9.79. The van der Waals surface area contributed by atoms with Crippen LogP contribution in [0.2, 0.25) is 0 Å². The second-order valence-corrected chi connectivity index (χ2v) is 5.62. The smallest absolute Gasteiger partial charge is 0.306 e. The Morgan fingerprint density at radius 3 is 2.76 bits per heavy atom. The van der Waals surface area contributed by atoms with Crippen LogP contribution < -0.4 is 5.32 Å². The van der Waals surface area contributed by atoms with E-state index in [2.05, 4.69) is 21.6 Å². The Morgan fingerprint density at radius 2 is 2.10 bits per heavy atom. The summed E-state index contributed by atoms with van der Waals surface area (Å²) in [6.07, 6.45) is 3.65. The lowest BCUT2D eigenvalue weighted by molar-refractivity contribution is -0.144. The Hall–Kier alpha value is -2.16. The van der Waals surface area contributed by atoms with E-state index in [1.165, 1.54) is 0 Å². The minimum Gasteiger partial charge on any atom is -0.481 e. The predicted octanol–water partition coefficient (Wildman–Crippen LogP) is 2.27. The molecule has 1 saturated carbocycles. The third-order valence-electron chi connectivity index (χ3n) is 4.32. The summed E-state index contributed by atoms with van der Waals surface area (Å²) in [5.41, 5.74) is 2.04. The fraction of sp³-hybridized carbons (Fsp3) is 0.600. The zero-order chi connectivity index (χ0) is 15.4. The van der Waals surface area contributed by atoms with Crippen molar-refractivity contribution in [2.45, 2.75) is 39.5 Å². The van der Waals surface area contributed by atoms with Crippen molar-refractivity contribution in [1.29, 1.82) is 5.26 Å². The van der Waals surface area contributed by atoms with Gasteiger partial charge < -0.3 is 10.4 Å². The molecule has 0 aliphatic heterocycles. The number of aromatic nitrogens is 2. The zero-order valence-corrected chi connectivity index (χ0v) is 12.4. The highest BCUT2D eigenvalue weighted by molar-refractivity contribution is 5.70. The minimum absolute atomic E-state index is 0.0752. The van der Waals surface area contributed by atoms with Gasteiger partial charge in [0, 0.05) is 6.54 Å². The molecule has 0 aromatic carbocycles. The maximum Gasteiger partial charge on any atom is 0.306 e. The second-order valence-electron chi connectivity index (χ2n) is 5.62. The Bertz CT molecular complexity index is 580. The number of carboxylic acid groups (broad SMARTS) is 1. The second kappa shape index (κ2) is 6.53. The van der Waals surface area contributed by atoms with E-state index < -0.39 is 5.97 Å². The van der Waals surface area contributed by atoms with Gasteiger partial charge in [0.2, 0.25) is 0 Å². The van der Waals surface area contributed by atoms with Gasteiger partial charge in [-0.15, -0.1) is 5.10 Å². The monoisotopic (exact) mass is 288 g/mol. The Morgan fingerprint density at radius 1 is 1.38 bits per heavy atom. The Labute approximate surface area is 124 Å². The Balaban J connectivity index is 2.11. The number of nitriles is 1. The molecule has 1 aromatic rings. The standard InChI is InChI=1S/C15H20N4O2/c1-9-10(2)18-19-14(13(9)7-16)17-8-11-5-3-4-6-12(11)15(20)21/h11-12H,3-6,8H2,1-2H3,(H,17,19)(H,20,21). The first-order valence-corrected chi connectivity index (χ1v) is 7.25. The van der Waals surface area contributed by atoms with Gasteiger partial charge >= 0.3 is 5.97 Å². The van der Waals surface area contributed by atoms with Crippen molar-refractivity contribution in [3.8, 4) is 6.07 Å². The highest BCUT2D eigenvalue weighted by atomic mass is 16.4. The summed E-state index contributed by atoms with van der Waals surface area (Å²) in [6.45, 7) is 4.17. The van der Waals surface area contributed by atoms with Crippen molar-refractivity contribution in [2.24, 2.45) is 11.8 Å². The van der Waals surface area contributed by atoms with Gasteiger partial charge in [0.15, 0.2) is 5.82 Å². The third kappa shape index (κ3) is 3.30. The first-order valence-electron chi connectivity index (χ1n) is 7.25. The highest BCUT2D eigenvalue weighted by Crippen LogP contribution is 2.30. The van der Waals surface area contributed by atoms with E-state index in [0.717, 1.165) is 36.9 Å². The summed E-state index contributed by atoms with van der Waals surface area (Å²) in [6, 6.07) is 2.15. The summed E-state index contributed by atoms with van der Waals surface area (Å²) in [7, 11) is 0. The third-order valence-corrected chi connectivity index (χ3v) is 4.32. The fourth-order valence-electron chi connectivity index (χ4n) is 2.87. The van der Waals surface area contributed by atoms with Gasteiger partial charge in [-0.25, -0.2) is 0 Å². The quantitative estimate of drug-likeness (QED) is 0.881. The topological polar surface area (TPSA) is 98.9 Å². The van der Waals surface area contributed by atoms with Crippen LogP contribution in [0.25, 0.3) is 0 Å². The van der Waals surface area contributed by atoms with Crippen LogP contribution >= 0.6 is 0 Å². The molecule has 1 aliphatic rings.